The first-order chi connectivity index (χ1) is 9.28. The Labute approximate surface area is 128 Å². The van der Waals surface area contributed by atoms with Gasteiger partial charge in [0, 0.05) is 24.8 Å². The Kier molecular flexibility index (Phi) is 4.58. The number of nitrogens with one attached hydrogen (secondary N) is 1. The van der Waals surface area contributed by atoms with Gasteiger partial charge in [0.1, 0.15) is 5.82 Å². The molecule has 0 aliphatic carbocycles. The topological polar surface area (TPSA) is 75.3 Å². The number of aromatic nitrogens is 2. The molecule has 6 nitrogen and oxygen atoms in total. The summed E-state index contributed by atoms with van der Waals surface area (Å²) in [5.74, 6) is 0.674. The molecule has 0 bridgehead atoms. The molecule has 1 saturated heterocycles. The van der Waals surface area contributed by atoms with Gasteiger partial charge in [0.2, 0.25) is 0 Å². The van der Waals surface area contributed by atoms with Crippen molar-refractivity contribution in [1.29, 1.82) is 0 Å². The van der Waals surface area contributed by atoms with E-state index >= 15 is 0 Å². The number of imidazole rings is 1. The number of nitrogens with zero attached hydrogens (tertiary/aromatic N) is 2. The van der Waals surface area contributed by atoms with Gasteiger partial charge in [0.25, 0.3) is 10.0 Å². The molecule has 8 heteroatoms. The summed E-state index contributed by atoms with van der Waals surface area (Å²) in [5, 5.41) is 0.756. The first-order valence-electron chi connectivity index (χ1n) is 6.56. The van der Waals surface area contributed by atoms with Crippen molar-refractivity contribution < 1.29 is 13.2 Å². The molecule has 0 aromatic carbocycles. The van der Waals surface area contributed by atoms with Crippen molar-refractivity contribution in [2.45, 2.75) is 43.9 Å². The summed E-state index contributed by atoms with van der Waals surface area (Å²) in [4.78, 5) is 6.94. The summed E-state index contributed by atoms with van der Waals surface area (Å²) >= 11 is 3.36. The Balaban J connectivity index is 2.28. The van der Waals surface area contributed by atoms with Gasteiger partial charge in [-0.3, -0.25) is 0 Å². The third kappa shape index (κ3) is 3.24. The van der Waals surface area contributed by atoms with Gasteiger partial charge in [-0.25, -0.2) is 13.4 Å². The average molecular weight is 366 g/mol. The number of hydrogen-bond acceptors (Lipinski definition) is 4. The Bertz CT molecular complexity index is 570. The Morgan fingerprint density at radius 3 is 2.85 bits per heavy atom. The van der Waals surface area contributed by atoms with Crippen LogP contribution in [0.3, 0.4) is 0 Å². The number of H-pyrrole nitrogens is 1. The Morgan fingerprint density at radius 1 is 1.60 bits per heavy atom. The lowest BCUT2D eigenvalue weighted by Crippen LogP contribution is -2.55. The van der Waals surface area contributed by atoms with Crippen molar-refractivity contribution in [1.82, 2.24) is 14.3 Å². The second-order valence-electron chi connectivity index (χ2n) is 5.50. The van der Waals surface area contributed by atoms with Crippen LogP contribution >= 0.6 is 15.9 Å². The van der Waals surface area contributed by atoms with E-state index in [-0.39, 0.29) is 11.1 Å². The minimum Gasteiger partial charge on any atom is -0.369 e. The van der Waals surface area contributed by atoms with E-state index in [1.165, 1.54) is 10.5 Å². The fraction of sp³-hybridized carbons (Fsp3) is 0.750. The van der Waals surface area contributed by atoms with Crippen LogP contribution in [0.5, 0.6) is 0 Å². The van der Waals surface area contributed by atoms with Crippen LogP contribution in [0.1, 0.15) is 26.6 Å². The Hall–Kier alpha value is -0.440. The largest absolute Gasteiger partial charge is 0.369 e. The molecule has 1 atom stereocenters. The summed E-state index contributed by atoms with van der Waals surface area (Å²) in [6.45, 7) is 6.40. The van der Waals surface area contributed by atoms with E-state index in [4.69, 9.17) is 4.74 Å². The summed E-state index contributed by atoms with van der Waals surface area (Å²) in [6, 6.07) is 0. The van der Waals surface area contributed by atoms with Crippen LogP contribution < -0.4 is 0 Å². The van der Waals surface area contributed by atoms with Crippen LogP contribution in [0, 0.1) is 0 Å². The number of halogens is 1. The van der Waals surface area contributed by atoms with Crippen LogP contribution in [0.4, 0.5) is 0 Å². The molecule has 0 spiro atoms. The number of hydrogen-bond donors (Lipinski definition) is 1. The first-order valence-corrected chi connectivity index (χ1v) is 9.12. The van der Waals surface area contributed by atoms with E-state index < -0.39 is 15.6 Å². The molecule has 2 heterocycles. The summed E-state index contributed by atoms with van der Waals surface area (Å²) in [7, 11) is -3.55. The lowest BCUT2D eigenvalue weighted by molar-refractivity contribution is -0.107. The number of aromatic amines is 1. The minimum absolute atomic E-state index is 0.151. The van der Waals surface area contributed by atoms with Gasteiger partial charge < -0.3 is 9.72 Å². The van der Waals surface area contributed by atoms with E-state index in [2.05, 4.69) is 25.9 Å². The first kappa shape index (κ1) is 15.9. The number of rotatable bonds is 4. The lowest BCUT2D eigenvalue weighted by Gasteiger charge is -2.41. The molecule has 0 saturated carbocycles. The van der Waals surface area contributed by atoms with Crippen molar-refractivity contribution >= 4 is 26.0 Å². The molecule has 114 valence electrons. The van der Waals surface area contributed by atoms with Gasteiger partial charge in [-0.1, -0.05) is 22.9 Å². The minimum atomic E-state index is -3.55. The van der Waals surface area contributed by atoms with Gasteiger partial charge in [0.05, 0.1) is 17.9 Å². The third-order valence-corrected chi connectivity index (χ3v) is 5.62. The second-order valence-corrected chi connectivity index (χ2v) is 8.05. The van der Waals surface area contributed by atoms with Crippen molar-refractivity contribution in [3.05, 3.63) is 12.0 Å². The number of alkyl halides is 1. The molecule has 1 aromatic heterocycles. The highest BCUT2D eigenvalue weighted by Gasteiger charge is 2.39. The van der Waals surface area contributed by atoms with Crippen LogP contribution in [0.15, 0.2) is 11.2 Å². The molecule has 0 radical (unpaired) electrons. The maximum Gasteiger partial charge on any atom is 0.260 e. The SMILES string of the molecule is CCc1ncc(S(=O)(=O)N2CC(CBr)OC(C)(C)C2)[nH]1. The van der Waals surface area contributed by atoms with E-state index in [0.29, 0.717) is 30.7 Å². The average Bonchev–Trinajstić information content (AvgIpc) is 2.86. The highest BCUT2D eigenvalue weighted by molar-refractivity contribution is 9.09. The highest BCUT2D eigenvalue weighted by atomic mass is 79.9. The number of aryl methyl sites for hydroxylation is 1. The molecule has 2 rings (SSSR count). The maximum atomic E-state index is 12.6. The fourth-order valence-electron chi connectivity index (χ4n) is 2.30. The van der Waals surface area contributed by atoms with Crippen molar-refractivity contribution in [3.8, 4) is 0 Å². The molecule has 1 aliphatic rings. The zero-order valence-electron chi connectivity index (χ0n) is 11.9. The molecule has 1 aromatic rings. The molecule has 0 amide bonds. The lowest BCUT2D eigenvalue weighted by atomic mass is 10.1. The number of sulfonamides is 1. The number of morpholine rings is 1. The molecule has 1 fully saturated rings. The highest BCUT2D eigenvalue weighted by Crippen LogP contribution is 2.26. The maximum absolute atomic E-state index is 12.6. The van der Waals surface area contributed by atoms with E-state index in [9.17, 15) is 8.42 Å². The van der Waals surface area contributed by atoms with Gasteiger partial charge >= 0.3 is 0 Å². The van der Waals surface area contributed by atoms with Gasteiger partial charge in [0.15, 0.2) is 5.03 Å². The van der Waals surface area contributed by atoms with Crippen molar-refractivity contribution in [3.63, 3.8) is 0 Å². The van der Waals surface area contributed by atoms with Crippen LogP contribution in [0.25, 0.3) is 0 Å². The molecule has 1 N–H and O–H groups in total. The predicted octanol–water partition coefficient (Wildman–Crippen LogP) is 1.54. The van der Waals surface area contributed by atoms with Gasteiger partial charge in [-0.15, -0.1) is 0 Å². The zero-order valence-corrected chi connectivity index (χ0v) is 14.3. The summed E-state index contributed by atoms with van der Waals surface area (Å²) in [6.07, 6.45) is 1.91. The number of ether oxygens (including phenoxy) is 1. The second kappa shape index (κ2) is 5.75. The van der Waals surface area contributed by atoms with Crippen LogP contribution in [-0.2, 0) is 21.2 Å². The van der Waals surface area contributed by atoms with Crippen LogP contribution in [-0.4, -0.2) is 52.8 Å². The molecular weight excluding hydrogens is 346 g/mol. The molecule has 20 heavy (non-hydrogen) atoms. The predicted molar refractivity (Wildman–Crippen MR) is 79.5 cm³/mol. The summed E-state index contributed by atoms with van der Waals surface area (Å²) in [5.41, 5.74) is -0.503. The van der Waals surface area contributed by atoms with Crippen molar-refractivity contribution in [2.24, 2.45) is 0 Å². The summed E-state index contributed by atoms with van der Waals surface area (Å²) < 4.78 is 32.6. The van der Waals surface area contributed by atoms with Crippen LogP contribution in [0.2, 0.25) is 0 Å². The normalized spacial score (nSPS) is 23.9. The third-order valence-electron chi connectivity index (χ3n) is 3.18. The quantitative estimate of drug-likeness (QED) is 0.821. The monoisotopic (exact) mass is 365 g/mol. The van der Waals surface area contributed by atoms with E-state index in [1.54, 1.807) is 0 Å². The Morgan fingerprint density at radius 2 is 2.30 bits per heavy atom. The standard InChI is InChI=1S/C12H20BrN3O3S/c1-4-10-14-6-11(15-10)20(17,18)16-7-9(5-13)19-12(2,3)8-16/h6,9H,4-5,7-8H2,1-3H3,(H,14,15). The molecule has 1 aliphatic heterocycles. The van der Waals surface area contributed by atoms with Crippen molar-refractivity contribution in [2.75, 3.05) is 18.4 Å². The van der Waals surface area contributed by atoms with E-state index in [1.807, 2.05) is 20.8 Å². The van der Waals surface area contributed by atoms with E-state index in [0.717, 1.165) is 0 Å². The van der Waals surface area contributed by atoms with Gasteiger partial charge in [-0.2, -0.15) is 4.31 Å². The smallest absolute Gasteiger partial charge is 0.260 e. The molecule has 1 unspecified atom stereocenters. The fourth-order valence-corrected chi connectivity index (χ4v) is 4.19. The zero-order chi connectivity index (χ0) is 15.0. The molecular formula is C12H20BrN3O3S. The van der Waals surface area contributed by atoms with Gasteiger partial charge in [-0.05, 0) is 13.8 Å².